The summed E-state index contributed by atoms with van der Waals surface area (Å²) in [4.78, 5) is 0. The van der Waals surface area contributed by atoms with E-state index in [1.807, 2.05) is 39.0 Å². The molecule has 0 radical (unpaired) electrons. The zero-order chi connectivity index (χ0) is 20.7. The van der Waals surface area contributed by atoms with Crippen LogP contribution in [0.15, 0.2) is 30.3 Å². The molecule has 0 bridgehead atoms. The summed E-state index contributed by atoms with van der Waals surface area (Å²) in [5, 5.41) is 11.8. The third-order valence-corrected chi connectivity index (χ3v) is 5.19. The zero-order valence-electron chi connectivity index (χ0n) is 18.5. The van der Waals surface area contributed by atoms with Gasteiger partial charge in [0.1, 0.15) is 5.60 Å². The molecule has 0 fully saturated rings. The van der Waals surface area contributed by atoms with Crippen LogP contribution in [0.25, 0.3) is 0 Å². The predicted molar refractivity (Wildman–Crippen MR) is 115 cm³/mol. The van der Waals surface area contributed by atoms with Crippen LogP contribution in [0.4, 0.5) is 0 Å². The predicted octanol–water partition coefficient (Wildman–Crippen LogP) is 5.86. The maximum Gasteiger partial charge on any atom is 0.313 e. The summed E-state index contributed by atoms with van der Waals surface area (Å²) < 4.78 is 17.9. The first-order valence-corrected chi connectivity index (χ1v) is 11.3. The highest BCUT2D eigenvalue weighted by atomic mass is 16.9. The van der Waals surface area contributed by atoms with Gasteiger partial charge in [0.2, 0.25) is 0 Å². The SMILES string of the molecule is CCCCCCCCC(O)(CCc1ccccc1)C(OCC)(OCC)OCC. The van der Waals surface area contributed by atoms with E-state index in [9.17, 15) is 5.11 Å². The van der Waals surface area contributed by atoms with Crippen LogP contribution in [0.2, 0.25) is 0 Å². The second-order valence-corrected chi connectivity index (χ2v) is 7.39. The van der Waals surface area contributed by atoms with Gasteiger partial charge in [0.15, 0.2) is 0 Å². The van der Waals surface area contributed by atoms with Gasteiger partial charge in [-0.05, 0) is 45.6 Å². The molecule has 0 aliphatic rings. The molecule has 0 saturated heterocycles. The van der Waals surface area contributed by atoms with Gasteiger partial charge in [-0.15, -0.1) is 0 Å². The van der Waals surface area contributed by atoms with Crippen molar-refractivity contribution in [1.29, 1.82) is 0 Å². The second-order valence-electron chi connectivity index (χ2n) is 7.39. The van der Waals surface area contributed by atoms with Gasteiger partial charge in [-0.2, -0.15) is 0 Å². The number of aliphatic hydroxyl groups is 1. The highest BCUT2D eigenvalue weighted by Gasteiger charge is 2.53. The first-order valence-electron chi connectivity index (χ1n) is 11.3. The largest absolute Gasteiger partial charge is 0.381 e. The van der Waals surface area contributed by atoms with Gasteiger partial charge in [-0.3, -0.25) is 0 Å². The Kier molecular flexibility index (Phi) is 12.6. The molecule has 28 heavy (non-hydrogen) atoms. The maximum absolute atomic E-state index is 11.8. The summed E-state index contributed by atoms with van der Waals surface area (Å²) >= 11 is 0. The van der Waals surface area contributed by atoms with Crippen molar-refractivity contribution >= 4 is 0 Å². The third-order valence-electron chi connectivity index (χ3n) is 5.19. The Morgan fingerprint density at radius 1 is 0.714 bits per heavy atom. The van der Waals surface area contributed by atoms with Crippen molar-refractivity contribution in [2.75, 3.05) is 19.8 Å². The standard InChI is InChI=1S/C24H42O4/c1-5-9-10-11-12-16-20-23(25,21-19-22-17-14-13-15-18-22)24(26-6-2,27-7-3)28-8-4/h13-15,17-18,25H,5-12,16,19-21H2,1-4H3. The number of hydrogen-bond donors (Lipinski definition) is 1. The molecule has 0 spiro atoms. The van der Waals surface area contributed by atoms with E-state index in [0.29, 0.717) is 32.7 Å². The topological polar surface area (TPSA) is 47.9 Å². The smallest absolute Gasteiger partial charge is 0.313 e. The molecule has 4 heteroatoms. The van der Waals surface area contributed by atoms with E-state index >= 15 is 0 Å². The molecular formula is C24H42O4. The molecule has 1 unspecified atom stereocenters. The second kappa shape index (κ2) is 14.1. The van der Waals surface area contributed by atoms with E-state index < -0.39 is 11.6 Å². The van der Waals surface area contributed by atoms with Crippen LogP contribution in [0, 0.1) is 0 Å². The quantitative estimate of drug-likeness (QED) is 0.265. The number of rotatable bonds is 17. The highest BCUT2D eigenvalue weighted by Crippen LogP contribution is 2.38. The lowest BCUT2D eigenvalue weighted by molar-refractivity contribution is -0.441. The molecular weight excluding hydrogens is 352 g/mol. The molecule has 4 nitrogen and oxygen atoms in total. The first kappa shape index (κ1) is 25.1. The molecule has 0 aliphatic heterocycles. The van der Waals surface area contributed by atoms with E-state index in [4.69, 9.17) is 14.2 Å². The molecule has 1 atom stereocenters. The van der Waals surface area contributed by atoms with Crippen LogP contribution in [0.1, 0.15) is 84.6 Å². The average molecular weight is 395 g/mol. The van der Waals surface area contributed by atoms with Crippen LogP contribution in [-0.4, -0.2) is 36.5 Å². The summed E-state index contributed by atoms with van der Waals surface area (Å²) in [7, 11) is 0. The summed E-state index contributed by atoms with van der Waals surface area (Å²) in [5.74, 6) is -1.41. The number of unbranched alkanes of at least 4 members (excludes halogenated alkanes) is 5. The van der Waals surface area contributed by atoms with Crippen molar-refractivity contribution in [3.05, 3.63) is 35.9 Å². The number of benzene rings is 1. The maximum atomic E-state index is 11.8. The third kappa shape index (κ3) is 7.82. The van der Waals surface area contributed by atoms with E-state index in [-0.39, 0.29) is 0 Å². The molecule has 1 aromatic rings. The number of aryl methyl sites for hydroxylation is 1. The van der Waals surface area contributed by atoms with Gasteiger partial charge in [0.25, 0.3) is 0 Å². The molecule has 0 saturated carbocycles. The Morgan fingerprint density at radius 3 is 1.79 bits per heavy atom. The van der Waals surface area contributed by atoms with Gasteiger partial charge in [-0.1, -0.05) is 75.8 Å². The van der Waals surface area contributed by atoms with Crippen LogP contribution in [0.5, 0.6) is 0 Å². The Bertz CT molecular complexity index is 474. The van der Waals surface area contributed by atoms with Gasteiger partial charge < -0.3 is 19.3 Å². The summed E-state index contributed by atoms with van der Waals surface area (Å²) in [5.41, 5.74) is -0.00224. The fraction of sp³-hybridized carbons (Fsp3) is 0.750. The fourth-order valence-electron chi connectivity index (χ4n) is 3.72. The molecule has 162 valence electrons. The lowest BCUT2D eigenvalue weighted by Gasteiger charge is -2.45. The molecule has 0 aliphatic carbocycles. The number of hydrogen-bond acceptors (Lipinski definition) is 4. The normalized spacial score (nSPS) is 14.2. The van der Waals surface area contributed by atoms with Crippen LogP contribution >= 0.6 is 0 Å². The molecule has 1 rings (SSSR count). The monoisotopic (exact) mass is 394 g/mol. The van der Waals surface area contributed by atoms with E-state index in [1.54, 1.807) is 0 Å². The van der Waals surface area contributed by atoms with Crippen molar-refractivity contribution in [2.24, 2.45) is 0 Å². The Morgan fingerprint density at radius 2 is 1.25 bits per heavy atom. The minimum absolute atomic E-state index is 0.421. The molecule has 0 aromatic heterocycles. The lowest BCUT2D eigenvalue weighted by Crippen LogP contribution is -2.60. The lowest BCUT2D eigenvalue weighted by atomic mass is 9.86. The van der Waals surface area contributed by atoms with Crippen molar-refractivity contribution in [1.82, 2.24) is 0 Å². The highest BCUT2D eigenvalue weighted by molar-refractivity contribution is 5.15. The molecule has 1 N–H and O–H groups in total. The van der Waals surface area contributed by atoms with Crippen LogP contribution < -0.4 is 0 Å². The van der Waals surface area contributed by atoms with Crippen molar-refractivity contribution < 1.29 is 19.3 Å². The van der Waals surface area contributed by atoms with Crippen molar-refractivity contribution in [3.63, 3.8) is 0 Å². The fourth-order valence-corrected chi connectivity index (χ4v) is 3.72. The Labute approximate surface area is 172 Å². The van der Waals surface area contributed by atoms with Crippen LogP contribution in [-0.2, 0) is 20.6 Å². The van der Waals surface area contributed by atoms with Gasteiger partial charge in [0.05, 0.1) is 0 Å². The van der Waals surface area contributed by atoms with E-state index in [0.717, 1.165) is 19.3 Å². The minimum Gasteiger partial charge on any atom is -0.381 e. The average Bonchev–Trinajstić information content (AvgIpc) is 2.70. The van der Waals surface area contributed by atoms with Gasteiger partial charge in [-0.25, -0.2) is 0 Å². The van der Waals surface area contributed by atoms with Crippen molar-refractivity contribution in [2.45, 2.75) is 97.1 Å². The Hall–Kier alpha value is -0.940. The zero-order valence-corrected chi connectivity index (χ0v) is 18.5. The van der Waals surface area contributed by atoms with E-state index in [1.165, 1.54) is 31.2 Å². The summed E-state index contributed by atoms with van der Waals surface area (Å²) in [6.07, 6.45) is 8.90. The summed E-state index contributed by atoms with van der Waals surface area (Å²) in [6.45, 7) is 9.22. The molecule has 1 aromatic carbocycles. The van der Waals surface area contributed by atoms with Gasteiger partial charge in [0, 0.05) is 19.8 Å². The van der Waals surface area contributed by atoms with Crippen LogP contribution in [0.3, 0.4) is 0 Å². The minimum atomic E-state index is -1.41. The first-order chi connectivity index (χ1) is 13.6. The van der Waals surface area contributed by atoms with Gasteiger partial charge >= 0.3 is 5.97 Å². The Balaban J connectivity index is 2.93. The molecule has 0 heterocycles. The van der Waals surface area contributed by atoms with Crippen molar-refractivity contribution in [3.8, 4) is 0 Å². The van der Waals surface area contributed by atoms with E-state index in [2.05, 4.69) is 19.1 Å². The molecule has 0 amide bonds. The number of ether oxygens (including phenoxy) is 3. The summed E-state index contributed by atoms with van der Waals surface area (Å²) in [6, 6.07) is 10.3.